The van der Waals surface area contributed by atoms with E-state index in [9.17, 15) is 0 Å². The summed E-state index contributed by atoms with van der Waals surface area (Å²) >= 11 is 0. The minimum Gasteiger partial charge on any atom is -0.457 e. The summed E-state index contributed by atoms with van der Waals surface area (Å²) < 4.78 is 5.49. The molecule has 1 heterocycles. The zero-order chi connectivity index (χ0) is 10.8. The minimum atomic E-state index is -0.686. The Hall–Kier alpha value is -1.69. The fraction of sp³-hybridized carbons (Fsp3) is 0.364. The molecule has 0 bridgehead atoms. The van der Waals surface area contributed by atoms with Crippen LogP contribution in [0.2, 0.25) is 0 Å². The van der Waals surface area contributed by atoms with Crippen LogP contribution in [0, 0.1) is 19.3 Å². The average Bonchev–Trinajstić information content (AvgIpc) is 2.13. The van der Waals surface area contributed by atoms with Crippen LogP contribution in [-0.2, 0) is 0 Å². The summed E-state index contributed by atoms with van der Waals surface area (Å²) in [6, 6.07) is 1.82. The second-order valence-electron chi connectivity index (χ2n) is 3.60. The molecule has 0 spiro atoms. The molecule has 3 nitrogen and oxygen atoms in total. The highest BCUT2D eigenvalue weighted by atomic mass is 16.5. The van der Waals surface area contributed by atoms with E-state index in [0.717, 1.165) is 5.56 Å². The highest BCUT2D eigenvalue weighted by Gasteiger charge is 2.18. The average molecular weight is 190 g/mol. The summed E-state index contributed by atoms with van der Waals surface area (Å²) in [6.07, 6.45) is 6.95. The molecule has 0 radical (unpaired) electrons. The fourth-order valence-electron chi connectivity index (χ4n) is 0.897. The van der Waals surface area contributed by atoms with Crippen molar-refractivity contribution in [1.82, 2.24) is 4.98 Å². The van der Waals surface area contributed by atoms with Crippen LogP contribution in [0.4, 0.5) is 5.69 Å². The maximum Gasteiger partial charge on any atom is 0.238 e. The quantitative estimate of drug-likeness (QED) is 0.723. The summed E-state index contributed by atoms with van der Waals surface area (Å²) in [5.74, 6) is 2.91. The highest BCUT2D eigenvalue weighted by molar-refractivity contribution is 5.54. The number of anilines is 1. The van der Waals surface area contributed by atoms with Gasteiger partial charge in [0.15, 0.2) is 5.60 Å². The van der Waals surface area contributed by atoms with E-state index in [2.05, 4.69) is 10.9 Å². The maximum absolute atomic E-state index is 5.79. The molecular formula is C11H14N2O. The molecular weight excluding hydrogens is 176 g/mol. The number of nitrogen functional groups attached to an aromatic ring is 1. The molecule has 0 amide bonds. The van der Waals surface area contributed by atoms with Gasteiger partial charge in [-0.25, -0.2) is 4.98 Å². The lowest BCUT2D eigenvalue weighted by Crippen LogP contribution is -2.26. The highest BCUT2D eigenvalue weighted by Crippen LogP contribution is 2.24. The predicted molar refractivity (Wildman–Crippen MR) is 56.9 cm³/mol. The number of nitrogens with two attached hydrogens (primary N) is 1. The Balaban J connectivity index is 3.00. The zero-order valence-corrected chi connectivity index (χ0v) is 8.66. The van der Waals surface area contributed by atoms with Crippen molar-refractivity contribution < 1.29 is 4.74 Å². The zero-order valence-electron chi connectivity index (χ0n) is 8.66. The van der Waals surface area contributed by atoms with Crippen molar-refractivity contribution in [2.24, 2.45) is 0 Å². The lowest BCUT2D eigenvalue weighted by molar-refractivity contribution is 0.166. The van der Waals surface area contributed by atoms with Crippen LogP contribution in [0.25, 0.3) is 0 Å². The summed E-state index contributed by atoms with van der Waals surface area (Å²) in [5, 5.41) is 0. The van der Waals surface area contributed by atoms with Crippen LogP contribution in [0.3, 0.4) is 0 Å². The number of aromatic nitrogens is 1. The van der Waals surface area contributed by atoms with E-state index in [0.29, 0.717) is 11.6 Å². The van der Waals surface area contributed by atoms with Crippen LogP contribution < -0.4 is 10.5 Å². The number of hydrogen-bond acceptors (Lipinski definition) is 3. The number of rotatable bonds is 2. The topological polar surface area (TPSA) is 48.1 Å². The Kier molecular flexibility index (Phi) is 2.66. The molecule has 0 saturated heterocycles. The monoisotopic (exact) mass is 190 g/mol. The summed E-state index contributed by atoms with van der Waals surface area (Å²) in [7, 11) is 0. The van der Waals surface area contributed by atoms with Crippen LogP contribution in [0.1, 0.15) is 19.4 Å². The van der Waals surface area contributed by atoms with Gasteiger partial charge in [-0.1, -0.05) is 5.92 Å². The fourth-order valence-corrected chi connectivity index (χ4v) is 0.897. The van der Waals surface area contributed by atoms with Gasteiger partial charge in [-0.15, -0.1) is 6.42 Å². The Morgan fingerprint density at radius 3 is 2.79 bits per heavy atom. The lowest BCUT2D eigenvalue weighted by atomic mass is 10.1. The standard InChI is InChI=1S/C11H14N2O/c1-5-11(3,4)14-10-9(12)8(2)6-7-13-10/h1,6-7H,12H2,2-4H3. The van der Waals surface area contributed by atoms with Crippen molar-refractivity contribution in [2.45, 2.75) is 26.4 Å². The molecule has 0 aromatic carbocycles. The smallest absolute Gasteiger partial charge is 0.238 e. The predicted octanol–water partition coefficient (Wildman–Crippen LogP) is 1.76. The molecule has 2 N–H and O–H groups in total. The van der Waals surface area contributed by atoms with Gasteiger partial charge in [0.1, 0.15) is 0 Å². The summed E-state index contributed by atoms with van der Waals surface area (Å²) in [6.45, 7) is 5.47. The third-order valence-electron chi connectivity index (χ3n) is 1.87. The van der Waals surface area contributed by atoms with Gasteiger partial charge in [0, 0.05) is 6.20 Å². The van der Waals surface area contributed by atoms with Crippen molar-refractivity contribution in [1.29, 1.82) is 0 Å². The molecule has 14 heavy (non-hydrogen) atoms. The summed E-state index contributed by atoms with van der Waals surface area (Å²) in [5.41, 5.74) is 6.57. The second-order valence-corrected chi connectivity index (χ2v) is 3.60. The summed E-state index contributed by atoms with van der Waals surface area (Å²) in [4.78, 5) is 4.03. The molecule has 0 unspecified atom stereocenters. The second kappa shape index (κ2) is 3.59. The van der Waals surface area contributed by atoms with E-state index in [1.807, 2.05) is 13.0 Å². The van der Waals surface area contributed by atoms with Gasteiger partial charge >= 0.3 is 0 Å². The molecule has 0 aliphatic carbocycles. The lowest BCUT2D eigenvalue weighted by Gasteiger charge is -2.20. The van der Waals surface area contributed by atoms with Crippen molar-refractivity contribution >= 4 is 5.69 Å². The molecule has 1 aromatic heterocycles. The SMILES string of the molecule is C#CC(C)(C)Oc1nccc(C)c1N. The van der Waals surface area contributed by atoms with E-state index in [1.54, 1.807) is 20.0 Å². The van der Waals surface area contributed by atoms with Crippen molar-refractivity contribution in [2.75, 3.05) is 5.73 Å². The largest absolute Gasteiger partial charge is 0.457 e. The number of terminal acetylenes is 1. The van der Waals surface area contributed by atoms with Crippen LogP contribution in [0.15, 0.2) is 12.3 Å². The third-order valence-corrected chi connectivity index (χ3v) is 1.87. The Bertz CT molecular complexity index is 377. The molecule has 0 aliphatic heterocycles. The van der Waals surface area contributed by atoms with Gasteiger partial charge in [0.2, 0.25) is 5.88 Å². The first-order valence-electron chi connectivity index (χ1n) is 4.34. The Morgan fingerprint density at radius 1 is 1.57 bits per heavy atom. The van der Waals surface area contributed by atoms with Gasteiger partial charge in [-0.05, 0) is 32.4 Å². The Morgan fingerprint density at radius 2 is 2.21 bits per heavy atom. The molecule has 0 atom stereocenters. The van der Waals surface area contributed by atoms with Gasteiger partial charge < -0.3 is 10.5 Å². The first-order chi connectivity index (χ1) is 6.46. The molecule has 0 fully saturated rings. The van der Waals surface area contributed by atoms with Gasteiger partial charge in [0.05, 0.1) is 5.69 Å². The number of ether oxygens (including phenoxy) is 1. The number of hydrogen-bond donors (Lipinski definition) is 1. The van der Waals surface area contributed by atoms with Gasteiger partial charge in [-0.2, -0.15) is 0 Å². The van der Waals surface area contributed by atoms with E-state index < -0.39 is 5.60 Å². The molecule has 74 valence electrons. The first-order valence-corrected chi connectivity index (χ1v) is 4.34. The first kappa shape index (κ1) is 10.4. The van der Waals surface area contributed by atoms with Crippen LogP contribution in [0.5, 0.6) is 5.88 Å². The van der Waals surface area contributed by atoms with Crippen molar-refractivity contribution in [3.8, 4) is 18.2 Å². The molecule has 1 aromatic rings. The normalized spacial score (nSPS) is 10.7. The number of aryl methyl sites for hydroxylation is 1. The van der Waals surface area contributed by atoms with E-state index in [1.165, 1.54) is 0 Å². The van der Waals surface area contributed by atoms with Crippen LogP contribution >= 0.6 is 0 Å². The molecule has 3 heteroatoms. The van der Waals surface area contributed by atoms with E-state index in [4.69, 9.17) is 16.9 Å². The molecule has 0 saturated carbocycles. The Labute approximate surface area is 84.3 Å². The maximum atomic E-state index is 5.79. The van der Waals surface area contributed by atoms with Gasteiger partial charge in [-0.3, -0.25) is 0 Å². The number of pyridine rings is 1. The van der Waals surface area contributed by atoms with E-state index in [-0.39, 0.29) is 0 Å². The van der Waals surface area contributed by atoms with Gasteiger partial charge in [0.25, 0.3) is 0 Å². The van der Waals surface area contributed by atoms with Crippen LogP contribution in [-0.4, -0.2) is 10.6 Å². The minimum absolute atomic E-state index is 0.396. The number of nitrogens with zero attached hydrogens (tertiary/aromatic N) is 1. The van der Waals surface area contributed by atoms with Crippen molar-refractivity contribution in [3.05, 3.63) is 17.8 Å². The van der Waals surface area contributed by atoms with E-state index >= 15 is 0 Å². The van der Waals surface area contributed by atoms with Crippen molar-refractivity contribution in [3.63, 3.8) is 0 Å². The molecule has 0 aliphatic rings. The third kappa shape index (κ3) is 2.17. The molecule has 1 rings (SSSR count).